The number of carbonyl (C=O) groups excluding carboxylic acids is 1. The molecular formula is C28H22F3N3O6S. The number of rotatable bonds is 8. The van der Waals surface area contributed by atoms with Crippen molar-refractivity contribution >= 4 is 34.6 Å². The molecule has 2 aromatic heterocycles. The molecule has 0 atom stereocenters. The summed E-state index contributed by atoms with van der Waals surface area (Å²) in [5.74, 6) is 0.357. The van der Waals surface area contributed by atoms with E-state index in [2.05, 4.69) is 5.32 Å². The van der Waals surface area contributed by atoms with Crippen molar-refractivity contribution < 1.29 is 36.6 Å². The second-order valence-electron chi connectivity index (χ2n) is 8.33. The van der Waals surface area contributed by atoms with E-state index in [9.17, 15) is 28.0 Å². The largest absolute Gasteiger partial charge is 0.493 e. The van der Waals surface area contributed by atoms with Gasteiger partial charge in [0.2, 0.25) is 5.75 Å². The van der Waals surface area contributed by atoms with Gasteiger partial charge in [-0.2, -0.15) is 18.4 Å². The molecule has 212 valence electrons. The van der Waals surface area contributed by atoms with Crippen molar-refractivity contribution in [2.75, 3.05) is 26.6 Å². The molecule has 0 bridgehead atoms. The third-order valence-corrected chi connectivity index (χ3v) is 6.95. The average molecular weight is 586 g/mol. The molecule has 0 aliphatic carbocycles. The predicted molar refractivity (Wildman–Crippen MR) is 144 cm³/mol. The molecule has 13 heteroatoms. The summed E-state index contributed by atoms with van der Waals surface area (Å²) >= 11 is 0.850. The number of amides is 1. The molecule has 0 saturated carbocycles. The van der Waals surface area contributed by atoms with Crippen LogP contribution in [0.15, 0.2) is 64.0 Å². The fourth-order valence-electron chi connectivity index (χ4n) is 3.95. The molecule has 4 aromatic rings. The van der Waals surface area contributed by atoms with Crippen molar-refractivity contribution in [3.63, 3.8) is 0 Å². The summed E-state index contributed by atoms with van der Waals surface area (Å²) in [7, 11) is 4.31. The Bertz CT molecular complexity index is 1800. The van der Waals surface area contributed by atoms with Gasteiger partial charge in [0.1, 0.15) is 16.5 Å². The topological polar surface area (TPSA) is 116 Å². The summed E-state index contributed by atoms with van der Waals surface area (Å²) in [6.45, 7) is -0.114. The molecule has 2 aromatic carbocycles. The number of aromatic nitrogens is 1. The van der Waals surface area contributed by atoms with E-state index in [-0.39, 0.29) is 27.2 Å². The highest BCUT2D eigenvalue weighted by Gasteiger charge is 2.30. The van der Waals surface area contributed by atoms with Gasteiger partial charge in [-0.25, -0.2) is 0 Å². The maximum Gasteiger partial charge on any atom is 0.416 e. The number of hydrogen-bond acceptors (Lipinski definition) is 8. The maximum atomic E-state index is 13.6. The van der Waals surface area contributed by atoms with E-state index in [1.165, 1.54) is 44.3 Å². The minimum atomic E-state index is -4.63. The van der Waals surface area contributed by atoms with Crippen molar-refractivity contribution in [1.82, 2.24) is 4.57 Å². The molecule has 2 heterocycles. The van der Waals surface area contributed by atoms with Crippen LogP contribution in [0.2, 0.25) is 0 Å². The molecule has 0 fully saturated rings. The summed E-state index contributed by atoms with van der Waals surface area (Å²) in [6, 6.07) is 12.3. The smallest absolute Gasteiger partial charge is 0.416 e. The van der Waals surface area contributed by atoms with E-state index in [1.807, 2.05) is 0 Å². The number of ether oxygens (including phenoxy) is 3. The molecule has 0 aliphatic rings. The highest BCUT2D eigenvalue weighted by atomic mass is 32.1. The summed E-state index contributed by atoms with van der Waals surface area (Å²) in [4.78, 5) is 26.7. The molecule has 1 N–H and O–H groups in total. The zero-order valence-corrected chi connectivity index (χ0v) is 22.7. The number of nitrogens with zero attached hydrogens (tertiary/aromatic N) is 2. The standard InChI is InChI=1S/C28H22F3N3O6S/c1-37-21-10-9-16(23(38-2)24(21)39-3)12-22-26(36)34(15-19-8-5-11-40-19)27(41-22)20(14-32)25(35)33-18-7-4-6-17(13-18)28(29,30)31/h4-13H,15H2,1-3H3,(H,33,35)/b22-12+,27-20+. The summed E-state index contributed by atoms with van der Waals surface area (Å²) < 4.78 is 62.3. The minimum absolute atomic E-state index is 0.0240. The van der Waals surface area contributed by atoms with Crippen molar-refractivity contribution in [2.45, 2.75) is 12.7 Å². The SMILES string of the molecule is COc1ccc(/C=c2/s/c(=C(\C#N)C(=O)Nc3cccc(C(F)(F)F)c3)n(Cc3ccco3)c2=O)c(OC)c1OC. The normalized spacial score (nSPS) is 12.5. The summed E-state index contributed by atoms with van der Waals surface area (Å²) in [6.07, 6.45) is -1.71. The van der Waals surface area contributed by atoms with Crippen molar-refractivity contribution in [1.29, 1.82) is 5.26 Å². The van der Waals surface area contributed by atoms with Crippen molar-refractivity contribution in [3.05, 3.63) is 91.2 Å². The van der Waals surface area contributed by atoms with E-state index in [0.29, 0.717) is 22.8 Å². The van der Waals surface area contributed by atoms with Gasteiger partial charge in [0, 0.05) is 11.3 Å². The number of methoxy groups -OCH3 is 3. The van der Waals surface area contributed by atoms with Gasteiger partial charge in [-0.05, 0) is 48.5 Å². The molecule has 9 nitrogen and oxygen atoms in total. The molecule has 0 radical (unpaired) electrons. The van der Waals surface area contributed by atoms with E-state index >= 15 is 0 Å². The van der Waals surface area contributed by atoms with Crippen molar-refractivity contribution in [2.24, 2.45) is 0 Å². The molecule has 0 saturated heterocycles. The van der Waals surface area contributed by atoms with Gasteiger partial charge >= 0.3 is 6.18 Å². The van der Waals surface area contributed by atoms with Crippen LogP contribution in [0.3, 0.4) is 0 Å². The number of alkyl halides is 3. The monoisotopic (exact) mass is 585 g/mol. The number of nitrogens with one attached hydrogen (secondary N) is 1. The lowest BCUT2D eigenvalue weighted by atomic mass is 10.1. The third kappa shape index (κ3) is 6.12. The third-order valence-electron chi connectivity index (χ3n) is 5.82. The van der Waals surface area contributed by atoms with Crippen LogP contribution >= 0.6 is 11.3 Å². The van der Waals surface area contributed by atoms with Crippen molar-refractivity contribution in [3.8, 4) is 23.3 Å². The average Bonchev–Trinajstić information content (AvgIpc) is 3.57. The Labute approximate surface area is 234 Å². The highest BCUT2D eigenvalue weighted by molar-refractivity contribution is 7.07. The lowest BCUT2D eigenvalue weighted by molar-refractivity contribution is -0.137. The van der Waals surface area contributed by atoms with Crippen LogP contribution in [0.25, 0.3) is 11.6 Å². The Kier molecular flexibility index (Phi) is 8.53. The minimum Gasteiger partial charge on any atom is -0.493 e. The van der Waals surface area contributed by atoms with E-state index in [4.69, 9.17) is 18.6 Å². The lowest BCUT2D eigenvalue weighted by Crippen LogP contribution is -2.33. The summed E-state index contributed by atoms with van der Waals surface area (Å²) in [5.41, 5.74) is -1.71. The first-order valence-corrected chi connectivity index (χ1v) is 12.6. The molecule has 0 aliphatic heterocycles. The van der Waals surface area contributed by atoms with Gasteiger partial charge in [-0.1, -0.05) is 6.07 Å². The summed E-state index contributed by atoms with van der Waals surface area (Å²) in [5, 5.41) is 12.3. The number of furan rings is 1. The number of nitriles is 1. The Morgan fingerprint density at radius 1 is 1.10 bits per heavy atom. The van der Waals surface area contributed by atoms with Gasteiger partial charge in [0.05, 0.1) is 44.2 Å². The number of carbonyl (C=O) groups is 1. The highest BCUT2D eigenvalue weighted by Crippen LogP contribution is 2.40. The fraction of sp³-hybridized carbons (Fsp3) is 0.179. The van der Waals surface area contributed by atoms with Crippen LogP contribution in [-0.4, -0.2) is 31.8 Å². The first-order valence-electron chi connectivity index (χ1n) is 11.8. The van der Waals surface area contributed by atoms with Crippen LogP contribution in [0, 0.1) is 11.3 Å². The number of anilines is 1. The fourth-order valence-corrected chi connectivity index (χ4v) is 5.04. The first kappa shape index (κ1) is 29.0. The van der Waals surface area contributed by atoms with Gasteiger partial charge in [-0.3, -0.25) is 14.2 Å². The van der Waals surface area contributed by atoms with Gasteiger partial charge in [0.25, 0.3) is 11.5 Å². The van der Waals surface area contributed by atoms with Crippen LogP contribution in [-0.2, 0) is 17.5 Å². The second kappa shape index (κ2) is 12.1. The second-order valence-corrected chi connectivity index (χ2v) is 9.36. The molecule has 0 spiro atoms. The number of halogens is 3. The van der Waals surface area contributed by atoms with Crippen LogP contribution in [0.4, 0.5) is 18.9 Å². The maximum absolute atomic E-state index is 13.6. The van der Waals surface area contributed by atoms with Crippen LogP contribution < -0.4 is 34.3 Å². The van der Waals surface area contributed by atoms with Crippen LogP contribution in [0.1, 0.15) is 16.9 Å². The quantitative estimate of drug-likeness (QED) is 0.335. The molecule has 0 unspecified atom stereocenters. The Morgan fingerprint density at radius 2 is 1.85 bits per heavy atom. The Hall–Kier alpha value is -4.96. The van der Waals surface area contributed by atoms with E-state index in [1.54, 1.807) is 30.3 Å². The number of benzene rings is 2. The number of thiazole rings is 1. The lowest BCUT2D eigenvalue weighted by Gasteiger charge is -2.13. The van der Waals surface area contributed by atoms with Crippen LogP contribution in [0.5, 0.6) is 17.2 Å². The Morgan fingerprint density at radius 3 is 2.46 bits per heavy atom. The van der Waals surface area contributed by atoms with Gasteiger partial charge in [-0.15, -0.1) is 11.3 Å². The molecule has 4 rings (SSSR count). The van der Waals surface area contributed by atoms with E-state index < -0.39 is 28.8 Å². The zero-order valence-electron chi connectivity index (χ0n) is 21.9. The van der Waals surface area contributed by atoms with Gasteiger partial charge < -0.3 is 23.9 Å². The predicted octanol–water partition coefficient (Wildman–Crippen LogP) is 3.74. The zero-order chi connectivity index (χ0) is 29.7. The number of hydrogen-bond donors (Lipinski definition) is 1. The van der Waals surface area contributed by atoms with Gasteiger partial charge in [0.15, 0.2) is 17.1 Å². The Balaban J connectivity index is 1.91. The first-order chi connectivity index (χ1) is 19.6. The molecular weight excluding hydrogens is 563 g/mol. The van der Waals surface area contributed by atoms with E-state index in [0.717, 1.165) is 29.5 Å². The molecule has 1 amide bonds. The molecule has 41 heavy (non-hydrogen) atoms.